The maximum atomic E-state index is 12.8. The molecule has 0 aromatic heterocycles. The molecule has 4 nitrogen and oxygen atoms in total. The molecule has 2 aromatic carbocycles. The van der Waals surface area contributed by atoms with Gasteiger partial charge in [0.2, 0.25) is 0 Å². The van der Waals surface area contributed by atoms with Crippen LogP contribution >= 0.6 is 23.2 Å². The summed E-state index contributed by atoms with van der Waals surface area (Å²) >= 11 is 11.6. The van der Waals surface area contributed by atoms with Crippen molar-refractivity contribution in [1.29, 1.82) is 0 Å². The van der Waals surface area contributed by atoms with Crippen molar-refractivity contribution in [3.05, 3.63) is 79.6 Å². The largest absolute Gasteiger partial charge is 0.393 e. The molecule has 0 saturated carbocycles. The molecule has 26 heavy (non-hydrogen) atoms. The third-order valence-corrected chi connectivity index (χ3v) is 4.03. The molecule has 0 spiro atoms. The Morgan fingerprint density at radius 3 is 1.88 bits per heavy atom. The average Bonchev–Trinajstić information content (AvgIpc) is 2.55. The maximum Gasteiger partial charge on any atom is 0.123 e. The Morgan fingerprint density at radius 1 is 1.00 bits per heavy atom. The van der Waals surface area contributed by atoms with E-state index in [1.165, 1.54) is 36.4 Å². The summed E-state index contributed by atoms with van der Waals surface area (Å²) < 4.78 is 25.5. The van der Waals surface area contributed by atoms with Crippen LogP contribution in [0.15, 0.2) is 41.5 Å². The number of aliphatic hydroxyl groups excluding tert-OH is 1. The van der Waals surface area contributed by atoms with Gasteiger partial charge in [0.1, 0.15) is 11.6 Å². The van der Waals surface area contributed by atoms with Crippen LogP contribution in [0, 0.1) is 11.6 Å². The number of aliphatic hydroxyl groups is 1. The molecule has 0 radical (unpaired) electrons. The summed E-state index contributed by atoms with van der Waals surface area (Å²) in [6.45, 7) is 3.39. The molecule has 2 rings (SSSR count). The second kappa shape index (κ2) is 11.0. The normalized spacial score (nSPS) is 12.4. The number of azide groups is 1. The molecule has 0 bridgehead atoms. The number of benzene rings is 2. The van der Waals surface area contributed by atoms with Gasteiger partial charge in [0.15, 0.2) is 0 Å². The van der Waals surface area contributed by atoms with Crippen molar-refractivity contribution in [3.63, 3.8) is 0 Å². The van der Waals surface area contributed by atoms with Crippen LogP contribution in [-0.2, 0) is 12.8 Å². The number of halogens is 4. The highest BCUT2D eigenvalue weighted by Crippen LogP contribution is 2.19. The molecule has 8 heteroatoms. The van der Waals surface area contributed by atoms with Crippen LogP contribution in [0.3, 0.4) is 0 Å². The zero-order valence-corrected chi connectivity index (χ0v) is 15.8. The van der Waals surface area contributed by atoms with Gasteiger partial charge in [-0.05, 0) is 72.8 Å². The van der Waals surface area contributed by atoms with Crippen LogP contribution in [0.5, 0.6) is 0 Å². The highest BCUT2D eigenvalue weighted by Gasteiger charge is 2.06. The minimum atomic E-state index is -0.496. The minimum Gasteiger partial charge on any atom is -0.393 e. The Kier molecular flexibility index (Phi) is 9.38. The molecule has 0 saturated heterocycles. The molecule has 140 valence electrons. The monoisotopic (exact) mass is 401 g/mol. The number of rotatable bonds is 5. The summed E-state index contributed by atoms with van der Waals surface area (Å²) in [5.41, 5.74) is 9.49. The van der Waals surface area contributed by atoms with Gasteiger partial charge in [-0.15, -0.1) is 0 Å². The van der Waals surface area contributed by atoms with Crippen molar-refractivity contribution in [1.82, 2.24) is 0 Å². The Bertz CT molecular complexity index is 781. The van der Waals surface area contributed by atoms with Crippen molar-refractivity contribution in [2.75, 3.05) is 0 Å². The van der Waals surface area contributed by atoms with E-state index in [0.29, 0.717) is 34.0 Å². The minimum absolute atomic E-state index is 0.223. The van der Waals surface area contributed by atoms with Gasteiger partial charge in [-0.2, -0.15) is 0 Å². The Balaban J connectivity index is 0.000000263. The van der Waals surface area contributed by atoms with Gasteiger partial charge in [-0.1, -0.05) is 35.2 Å². The lowest BCUT2D eigenvalue weighted by molar-refractivity contribution is 0.195. The van der Waals surface area contributed by atoms with Crippen molar-refractivity contribution in [2.24, 2.45) is 5.11 Å². The smallest absolute Gasteiger partial charge is 0.123 e. The van der Waals surface area contributed by atoms with E-state index in [1.807, 2.05) is 0 Å². The Morgan fingerprint density at radius 2 is 1.46 bits per heavy atom. The average molecular weight is 402 g/mol. The van der Waals surface area contributed by atoms with Gasteiger partial charge in [0, 0.05) is 21.0 Å². The fraction of sp³-hybridized carbons (Fsp3) is 0.333. The van der Waals surface area contributed by atoms with Gasteiger partial charge in [0.25, 0.3) is 0 Å². The van der Waals surface area contributed by atoms with Crippen LogP contribution in [0.2, 0.25) is 10.0 Å². The van der Waals surface area contributed by atoms with Gasteiger partial charge in [-0.3, -0.25) is 0 Å². The highest BCUT2D eigenvalue weighted by molar-refractivity contribution is 6.31. The molecule has 0 aliphatic carbocycles. The zero-order valence-electron chi connectivity index (χ0n) is 14.3. The van der Waals surface area contributed by atoms with Crippen LogP contribution in [0.1, 0.15) is 25.0 Å². The molecular formula is C18H19Cl2F2N3O. The second-order valence-electron chi connectivity index (χ2n) is 5.78. The van der Waals surface area contributed by atoms with Gasteiger partial charge >= 0.3 is 0 Å². The van der Waals surface area contributed by atoms with Crippen LogP contribution < -0.4 is 0 Å². The molecule has 0 aliphatic rings. The maximum absolute atomic E-state index is 12.8. The Labute approximate surface area is 161 Å². The number of hydrogen-bond donors (Lipinski definition) is 1. The number of nitrogens with zero attached hydrogens (tertiary/aromatic N) is 3. The quantitative estimate of drug-likeness (QED) is 0.365. The summed E-state index contributed by atoms with van der Waals surface area (Å²) in [6, 6.07) is 8.06. The van der Waals surface area contributed by atoms with Crippen LogP contribution in [0.4, 0.5) is 8.78 Å². The highest BCUT2D eigenvalue weighted by atomic mass is 35.5. The lowest BCUT2D eigenvalue weighted by Gasteiger charge is -2.06. The van der Waals surface area contributed by atoms with Gasteiger partial charge < -0.3 is 5.11 Å². The molecule has 0 amide bonds. The Hall–Kier alpha value is -1.85. The van der Waals surface area contributed by atoms with E-state index >= 15 is 0 Å². The summed E-state index contributed by atoms with van der Waals surface area (Å²) in [7, 11) is 0. The fourth-order valence-corrected chi connectivity index (χ4v) is 2.55. The van der Waals surface area contributed by atoms with Crippen molar-refractivity contribution in [2.45, 2.75) is 38.8 Å². The predicted octanol–water partition coefficient (Wildman–Crippen LogP) is 6.12. The first-order chi connectivity index (χ1) is 12.2. The summed E-state index contributed by atoms with van der Waals surface area (Å²) in [6.07, 6.45) is 0.335. The molecule has 0 fully saturated rings. The lowest BCUT2D eigenvalue weighted by atomic mass is 10.1. The molecule has 1 N–H and O–H groups in total. The zero-order chi connectivity index (χ0) is 19.7. The molecule has 0 heterocycles. The first kappa shape index (κ1) is 22.2. The first-order valence-corrected chi connectivity index (χ1v) is 8.58. The molecule has 2 atom stereocenters. The van der Waals surface area contributed by atoms with Crippen LogP contribution in [-0.4, -0.2) is 17.3 Å². The number of hydrogen-bond acceptors (Lipinski definition) is 2. The molecule has 0 unspecified atom stereocenters. The molecule has 0 aliphatic heterocycles. The van der Waals surface area contributed by atoms with Gasteiger partial charge in [0.05, 0.1) is 6.10 Å². The predicted molar refractivity (Wildman–Crippen MR) is 101 cm³/mol. The van der Waals surface area contributed by atoms with Crippen molar-refractivity contribution >= 4 is 23.2 Å². The van der Waals surface area contributed by atoms with E-state index in [9.17, 15) is 8.78 Å². The van der Waals surface area contributed by atoms with Crippen molar-refractivity contribution in [3.8, 4) is 0 Å². The standard InChI is InChI=1S/C9H9ClFN3.C9H10ClFO/c1-6(13-14-12)4-7-5-8(11)2-3-9(7)10;1-6(12)4-7-5-8(11)2-3-9(7)10/h2-3,5-6H,4H2,1H3;2-3,5-6,12H,4H2,1H3/t2*6-/m01/s1. The first-order valence-electron chi connectivity index (χ1n) is 7.83. The molecular weight excluding hydrogens is 383 g/mol. The third-order valence-electron chi connectivity index (χ3n) is 3.29. The van der Waals surface area contributed by atoms with E-state index < -0.39 is 6.10 Å². The molecule has 2 aromatic rings. The van der Waals surface area contributed by atoms with Crippen LogP contribution in [0.25, 0.3) is 10.4 Å². The van der Waals surface area contributed by atoms with Crippen molar-refractivity contribution < 1.29 is 13.9 Å². The summed E-state index contributed by atoms with van der Waals surface area (Å²) in [5.74, 6) is -0.660. The summed E-state index contributed by atoms with van der Waals surface area (Å²) in [4.78, 5) is 2.67. The van der Waals surface area contributed by atoms with E-state index in [1.54, 1.807) is 13.8 Å². The van der Waals surface area contributed by atoms with Gasteiger partial charge in [-0.25, -0.2) is 8.78 Å². The second-order valence-corrected chi connectivity index (χ2v) is 6.60. The third kappa shape index (κ3) is 8.02. The fourth-order valence-electron chi connectivity index (χ4n) is 2.16. The topological polar surface area (TPSA) is 69.0 Å². The van der Waals surface area contributed by atoms with E-state index in [0.717, 1.165) is 0 Å². The van der Waals surface area contributed by atoms with E-state index in [2.05, 4.69) is 10.0 Å². The SMILES string of the molecule is C[C@@H](Cc1cc(F)ccc1Cl)N=[N+]=[N-].C[C@@H](O)Cc1cc(F)ccc1Cl. The summed E-state index contributed by atoms with van der Waals surface area (Å²) in [5, 5.41) is 13.5. The van der Waals surface area contributed by atoms with E-state index in [-0.39, 0.29) is 17.7 Å². The van der Waals surface area contributed by atoms with E-state index in [4.69, 9.17) is 33.8 Å². The lowest BCUT2D eigenvalue weighted by Crippen LogP contribution is -2.04.